The number of amides is 2. The Balaban J connectivity index is 1.86. The molecule has 1 fully saturated rings. The zero-order valence-corrected chi connectivity index (χ0v) is 9.91. The summed E-state index contributed by atoms with van der Waals surface area (Å²) in [7, 11) is 0. The van der Waals surface area contributed by atoms with Gasteiger partial charge in [-0.3, -0.25) is 9.59 Å². The molecule has 4 nitrogen and oxygen atoms in total. The van der Waals surface area contributed by atoms with Gasteiger partial charge in [0.25, 0.3) is 0 Å². The van der Waals surface area contributed by atoms with Crippen molar-refractivity contribution in [3.8, 4) is 0 Å². The molecule has 96 valence electrons. The second-order valence-electron chi connectivity index (χ2n) is 4.38. The van der Waals surface area contributed by atoms with Gasteiger partial charge in [0, 0.05) is 19.0 Å². The number of halogens is 1. The molecule has 0 aliphatic carbocycles. The standard InChI is InChI=1S/C13H15FN2O2/c14-11-4-2-1-3-9(11)7-13(18)16-10-5-6-12(17)15-8-10/h1-4,10H,5-8H2,(H,15,17)(H,16,18). The Bertz CT molecular complexity index is 452. The van der Waals surface area contributed by atoms with Crippen molar-refractivity contribution in [3.05, 3.63) is 35.6 Å². The predicted molar refractivity (Wildman–Crippen MR) is 64.3 cm³/mol. The molecule has 2 amide bonds. The minimum Gasteiger partial charge on any atom is -0.354 e. The van der Waals surface area contributed by atoms with Crippen molar-refractivity contribution in [2.24, 2.45) is 0 Å². The number of carbonyl (C=O) groups excluding carboxylic acids is 2. The van der Waals surface area contributed by atoms with Crippen molar-refractivity contribution in [2.75, 3.05) is 6.54 Å². The van der Waals surface area contributed by atoms with Crippen LogP contribution in [-0.4, -0.2) is 24.4 Å². The summed E-state index contributed by atoms with van der Waals surface area (Å²) in [5.41, 5.74) is 0.384. The molecule has 1 aromatic carbocycles. The van der Waals surface area contributed by atoms with Gasteiger partial charge in [0.15, 0.2) is 0 Å². The Kier molecular flexibility index (Phi) is 3.92. The van der Waals surface area contributed by atoms with Gasteiger partial charge in [0.05, 0.1) is 6.42 Å². The third-order valence-electron chi connectivity index (χ3n) is 2.94. The number of hydrogen-bond donors (Lipinski definition) is 2. The molecule has 1 atom stereocenters. The third kappa shape index (κ3) is 3.29. The van der Waals surface area contributed by atoms with Gasteiger partial charge in [-0.25, -0.2) is 4.39 Å². The van der Waals surface area contributed by atoms with Crippen LogP contribution in [0.3, 0.4) is 0 Å². The van der Waals surface area contributed by atoms with Crippen molar-refractivity contribution < 1.29 is 14.0 Å². The molecular formula is C13H15FN2O2. The van der Waals surface area contributed by atoms with Crippen molar-refractivity contribution in [3.63, 3.8) is 0 Å². The van der Waals surface area contributed by atoms with Gasteiger partial charge >= 0.3 is 0 Å². The van der Waals surface area contributed by atoms with E-state index in [9.17, 15) is 14.0 Å². The van der Waals surface area contributed by atoms with E-state index in [0.29, 0.717) is 24.9 Å². The van der Waals surface area contributed by atoms with E-state index in [4.69, 9.17) is 0 Å². The zero-order valence-electron chi connectivity index (χ0n) is 9.91. The minimum absolute atomic E-state index is 0.00889. The molecule has 0 bridgehead atoms. The number of piperidine rings is 1. The molecule has 0 saturated carbocycles. The fourth-order valence-electron chi connectivity index (χ4n) is 1.95. The second kappa shape index (κ2) is 5.62. The molecule has 1 heterocycles. The molecule has 0 aromatic heterocycles. The van der Waals surface area contributed by atoms with E-state index in [2.05, 4.69) is 10.6 Å². The van der Waals surface area contributed by atoms with Gasteiger partial charge < -0.3 is 10.6 Å². The summed E-state index contributed by atoms with van der Waals surface area (Å²) in [4.78, 5) is 22.7. The number of hydrogen-bond acceptors (Lipinski definition) is 2. The van der Waals surface area contributed by atoms with Gasteiger partial charge in [-0.05, 0) is 18.1 Å². The third-order valence-corrected chi connectivity index (χ3v) is 2.94. The minimum atomic E-state index is -0.371. The Morgan fingerprint density at radius 1 is 1.44 bits per heavy atom. The van der Waals surface area contributed by atoms with E-state index in [0.717, 1.165) is 0 Å². The van der Waals surface area contributed by atoms with Gasteiger partial charge in [-0.2, -0.15) is 0 Å². The molecule has 2 rings (SSSR count). The lowest BCUT2D eigenvalue weighted by Gasteiger charge is -2.23. The van der Waals surface area contributed by atoms with Crippen LogP contribution in [0.5, 0.6) is 0 Å². The fourth-order valence-corrected chi connectivity index (χ4v) is 1.95. The van der Waals surface area contributed by atoms with Crippen molar-refractivity contribution in [2.45, 2.75) is 25.3 Å². The highest BCUT2D eigenvalue weighted by molar-refractivity contribution is 5.80. The highest BCUT2D eigenvalue weighted by Gasteiger charge is 2.19. The first-order valence-electron chi connectivity index (χ1n) is 5.94. The van der Waals surface area contributed by atoms with E-state index < -0.39 is 0 Å². The van der Waals surface area contributed by atoms with E-state index >= 15 is 0 Å². The smallest absolute Gasteiger partial charge is 0.224 e. The van der Waals surface area contributed by atoms with Crippen LogP contribution in [0.25, 0.3) is 0 Å². The lowest BCUT2D eigenvalue weighted by molar-refractivity contribution is -0.125. The van der Waals surface area contributed by atoms with Crippen LogP contribution in [-0.2, 0) is 16.0 Å². The Hall–Kier alpha value is -1.91. The van der Waals surface area contributed by atoms with Gasteiger partial charge in [-0.1, -0.05) is 18.2 Å². The van der Waals surface area contributed by atoms with E-state index in [-0.39, 0.29) is 30.1 Å². The first-order chi connectivity index (χ1) is 8.65. The van der Waals surface area contributed by atoms with E-state index in [1.165, 1.54) is 6.07 Å². The van der Waals surface area contributed by atoms with Crippen molar-refractivity contribution in [1.29, 1.82) is 0 Å². The lowest BCUT2D eigenvalue weighted by atomic mass is 10.1. The van der Waals surface area contributed by atoms with Gasteiger partial charge in [0.2, 0.25) is 11.8 Å². The van der Waals surface area contributed by atoms with Gasteiger partial charge in [-0.15, -0.1) is 0 Å². The Morgan fingerprint density at radius 3 is 2.89 bits per heavy atom. The quantitative estimate of drug-likeness (QED) is 0.832. The molecular weight excluding hydrogens is 235 g/mol. The molecule has 1 unspecified atom stereocenters. The lowest BCUT2D eigenvalue weighted by Crippen LogP contribution is -2.48. The van der Waals surface area contributed by atoms with Crippen LogP contribution in [0.15, 0.2) is 24.3 Å². The Labute approximate surface area is 105 Å². The normalized spacial score (nSPS) is 19.2. The molecule has 1 saturated heterocycles. The number of benzene rings is 1. The largest absolute Gasteiger partial charge is 0.354 e. The number of nitrogens with one attached hydrogen (secondary N) is 2. The van der Waals surface area contributed by atoms with E-state index in [1.807, 2.05) is 0 Å². The SMILES string of the molecule is O=C1CCC(NC(=O)Cc2ccccc2F)CN1. The van der Waals surface area contributed by atoms with Crippen LogP contribution in [0.4, 0.5) is 4.39 Å². The maximum absolute atomic E-state index is 13.3. The van der Waals surface area contributed by atoms with Crippen LogP contribution < -0.4 is 10.6 Å². The van der Waals surface area contributed by atoms with Crippen LogP contribution in [0.1, 0.15) is 18.4 Å². The molecule has 1 aliphatic heterocycles. The first-order valence-corrected chi connectivity index (χ1v) is 5.94. The zero-order chi connectivity index (χ0) is 13.0. The number of carbonyl (C=O) groups is 2. The molecule has 18 heavy (non-hydrogen) atoms. The summed E-state index contributed by atoms with van der Waals surface area (Å²) in [5.74, 6) is -0.583. The van der Waals surface area contributed by atoms with Crippen LogP contribution in [0, 0.1) is 5.82 Å². The maximum atomic E-state index is 13.3. The molecule has 5 heteroatoms. The highest BCUT2D eigenvalue weighted by Crippen LogP contribution is 2.08. The highest BCUT2D eigenvalue weighted by atomic mass is 19.1. The number of rotatable bonds is 3. The van der Waals surface area contributed by atoms with Crippen molar-refractivity contribution >= 4 is 11.8 Å². The molecule has 1 aromatic rings. The summed E-state index contributed by atoms with van der Waals surface area (Å²) in [6.07, 6.45) is 1.08. The fraction of sp³-hybridized carbons (Fsp3) is 0.385. The summed E-state index contributed by atoms with van der Waals surface area (Å²) >= 11 is 0. The van der Waals surface area contributed by atoms with Crippen LogP contribution in [0.2, 0.25) is 0 Å². The monoisotopic (exact) mass is 250 g/mol. The summed E-state index contributed by atoms with van der Waals surface area (Å²) in [6.45, 7) is 0.446. The summed E-state index contributed by atoms with van der Waals surface area (Å²) in [5, 5.41) is 5.48. The maximum Gasteiger partial charge on any atom is 0.224 e. The topological polar surface area (TPSA) is 58.2 Å². The Morgan fingerprint density at radius 2 is 2.22 bits per heavy atom. The average molecular weight is 250 g/mol. The molecule has 2 N–H and O–H groups in total. The van der Waals surface area contributed by atoms with Crippen molar-refractivity contribution in [1.82, 2.24) is 10.6 Å². The molecule has 0 spiro atoms. The summed E-state index contributed by atoms with van der Waals surface area (Å²) < 4.78 is 13.3. The first kappa shape index (κ1) is 12.5. The molecule has 0 radical (unpaired) electrons. The van der Waals surface area contributed by atoms with Crippen LogP contribution >= 0.6 is 0 Å². The van der Waals surface area contributed by atoms with Gasteiger partial charge in [0.1, 0.15) is 5.82 Å². The van der Waals surface area contributed by atoms with E-state index in [1.54, 1.807) is 18.2 Å². The average Bonchev–Trinajstić information content (AvgIpc) is 2.35. The molecule has 1 aliphatic rings. The summed E-state index contributed by atoms with van der Waals surface area (Å²) in [6, 6.07) is 6.17. The predicted octanol–water partition coefficient (Wildman–Crippen LogP) is 0.763. The second-order valence-corrected chi connectivity index (χ2v) is 4.38.